The van der Waals surface area contributed by atoms with Crippen molar-refractivity contribution in [3.63, 3.8) is 0 Å². The van der Waals surface area contributed by atoms with Gasteiger partial charge in [-0.3, -0.25) is 4.79 Å². The quantitative estimate of drug-likeness (QED) is 0.595. The molecule has 6 nitrogen and oxygen atoms in total. The lowest BCUT2D eigenvalue weighted by Crippen LogP contribution is -2.46. The first kappa shape index (κ1) is 11.8. The first-order valence-electron chi connectivity index (χ1n) is 5.76. The van der Waals surface area contributed by atoms with Gasteiger partial charge in [0, 0.05) is 18.3 Å². The third-order valence-electron chi connectivity index (χ3n) is 2.86. The highest BCUT2D eigenvalue weighted by Gasteiger charge is 2.24. The molecule has 1 amide bonds. The van der Waals surface area contributed by atoms with Crippen LogP contribution in [0.4, 0.5) is 0 Å². The van der Waals surface area contributed by atoms with E-state index < -0.39 is 6.04 Å². The Morgan fingerprint density at radius 1 is 1.71 bits per heavy atom. The van der Waals surface area contributed by atoms with Crippen molar-refractivity contribution in [2.24, 2.45) is 0 Å². The molecule has 1 saturated heterocycles. The number of imidazole rings is 1. The molecule has 2 rings (SSSR count). The average molecular weight is 236 g/mol. The van der Waals surface area contributed by atoms with E-state index in [1.807, 2.05) is 0 Å². The molecular formula is C11H16N4O2. The number of hydrogen-bond acceptors (Lipinski definition) is 4. The van der Waals surface area contributed by atoms with Gasteiger partial charge in [-0.2, -0.15) is 0 Å². The number of aldehydes is 1. The molecule has 1 aliphatic rings. The molecule has 0 radical (unpaired) electrons. The lowest BCUT2D eigenvalue weighted by Gasteiger charge is -2.15. The van der Waals surface area contributed by atoms with Crippen LogP contribution in [-0.2, 0) is 16.0 Å². The van der Waals surface area contributed by atoms with Crippen molar-refractivity contribution in [2.75, 3.05) is 6.54 Å². The molecule has 1 aromatic heterocycles. The van der Waals surface area contributed by atoms with Crippen molar-refractivity contribution < 1.29 is 9.59 Å². The van der Waals surface area contributed by atoms with Gasteiger partial charge in [-0.15, -0.1) is 0 Å². The van der Waals surface area contributed by atoms with E-state index in [9.17, 15) is 9.59 Å². The summed E-state index contributed by atoms with van der Waals surface area (Å²) in [6.45, 7) is 0.865. The Labute approximate surface area is 99.2 Å². The molecule has 2 heterocycles. The van der Waals surface area contributed by atoms with Crippen LogP contribution in [0.5, 0.6) is 0 Å². The first-order chi connectivity index (χ1) is 8.29. The zero-order valence-corrected chi connectivity index (χ0v) is 9.48. The predicted molar refractivity (Wildman–Crippen MR) is 61.3 cm³/mol. The second-order valence-corrected chi connectivity index (χ2v) is 4.18. The van der Waals surface area contributed by atoms with E-state index in [1.54, 1.807) is 12.5 Å². The van der Waals surface area contributed by atoms with Gasteiger partial charge in [0.15, 0.2) is 0 Å². The van der Waals surface area contributed by atoms with Crippen LogP contribution in [0.1, 0.15) is 18.5 Å². The van der Waals surface area contributed by atoms with E-state index in [-0.39, 0.29) is 11.9 Å². The Kier molecular flexibility index (Phi) is 3.87. The Balaban J connectivity index is 1.86. The molecule has 0 aromatic carbocycles. The van der Waals surface area contributed by atoms with E-state index in [4.69, 9.17) is 0 Å². The molecule has 0 spiro atoms. The second-order valence-electron chi connectivity index (χ2n) is 4.18. The fraction of sp³-hybridized carbons (Fsp3) is 0.545. The monoisotopic (exact) mass is 236 g/mol. The molecular weight excluding hydrogens is 220 g/mol. The molecule has 3 N–H and O–H groups in total. The number of carbonyl (C=O) groups excluding carboxylic acids is 2. The summed E-state index contributed by atoms with van der Waals surface area (Å²) in [5.74, 6) is -0.0980. The summed E-state index contributed by atoms with van der Waals surface area (Å²) in [5.41, 5.74) is 0.835. The summed E-state index contributed by atoms with van der Waals surface area (Å²) in [5, 5.41) is 5.83. The smallest absolute Gasteiger partial charge is 0.237 e. The van der Waals surface area contributed by atoms with Gasteiger partial charge in [-0.05, 0) is 19.4 Å². The van der Waals surface area contributed by atoms with E-state index in [2.05, 4.69) is 20.6 Å². The van der Waals surface area contributed by atoms with Crippen LogP contribution in [0.25, 0.3) is 0 Å². The van der Waals surface area contributed by atoms with Crippen LogP contribution < -0.4 is 10.6 Å². The number of nitrogens with zero attached hydrogens (tertiary/aromatic N) is 1. The maximum absolute atomic E-state index is 11.8. The summed E-state index contributed by atoms with van der Waals surface area (Å²) in [4.78, 5) is 29.5. The first-order valence-corrected chi connectivity index (χ1v) is 5.76. The van der Waals surface area contributed by atoms with Crippen molar-refractivity contribution >= 4 is 12.2 Å². The van der Waals surface area contributed by atoms with Crippen molar-refractivity contribution in [3.05, 3.63) is 18.2 Å². The molecule has 0 bridgehead atoms. The molecule has 1 fully saturated rings. The number of carbonyl (C=O) groups is 2. The van der Waals surface area contributed by atoms with Gasteiger partial charge in [0.1, 0.15) is 6.29 Å². The van der Waals surface area contributed by atoms with Crippen molar-refractivity contribution in [1.82, 2.24) is 20.6 Å². The second kappa shape index (κ2) is 5.58. The largest absolute Gasteiger partial charge is 0.348 e. The fourth-order valence-electron chi connectivity index (χ4n) is 1.96. The van der Waals surface area contributed by atoms with Crippen molar-refractivity contribution in [1.29, 1.82) is 0 Å². The standard InChI is InChI=1S/C11H16N4O2/c16-6-9(4-8-5-12-7-14-8)15-11(17)10-2-1-3-13-10/h5-7,9-10,13H,1-4H2,(H,12,14)(H,15,17)/t9-,10-/m1/s1. The van der Waals surface area contributed by atoms with Crippen molar-refractivity contribution in [2.45, 2.75) is 31.3 Å². The molecule has 0 aliphatic carbocycles. The van der Waals surface area contributed by atoms with Crippen LogP contribution in [-0.4, -0.2) is 40.8 Å². The van der Waals surface area contributed by atoms with E-state index in [1.165, 1.54) is 0 Å². The summed E-state index contributed by atoms with van der Waals surface area (Å²) < 4.78 is 0. The van der Waals surface area contributed by atoms with E-state index in [0.717, 1.165) is 31.4 Å². The van der Waals surface area contributed by atoms with Crippen molar-refractivity contribution in [3.8, 4) is 0 Å². The highest BCUT2D eigenvalue weighted by Crippen LogP contribution is 2.05. The SMILES string of the molecule is O=C[C@@H](Cc1cnc[nH]1)NC(=O)[C@H]1CCCN1. The zero-order valence-electron chi connectivity index (χ0n) is 9.48. The summed E-state index contributed by atoms with van der Waals surface area (Å²) in [6, 6.07) is -0.649. The number of H-pyrrole nitrogens is 1. The fourth-order valence-corrected chi connectivity index (χ4v) is 1.96. The summed E-state index contributed by atoms with van der Waals surface area (Å²) in [7, 11) is 0. The lowest BCUT2D eigenvalue weighted by molar-refractivity contribution is -0.125. The topological polar surface area (TPSA) is 86.9 Å². The number of aromatic nitrogens is 2. The van der Waals surface area contributed by atoms with E-state index in [0.29, 0.717) is 6.42 Å². The zero-order chi connectivity index (χ0) is 12.1. The van der Waals surface area contributed by atoms with Gasteiger partial charge < -0.3 is 20.4 Å². The van der Waals surface area contributed by atoms with Crippen LogP contribution in [0.3, 0.4) is 0 Å². The Morgan fingerprint density at radius 2 is 2.59 bits per heavy atom. The minimum atomic E-state index is -0.495. The maximum atomic E-state index is 11.8. The number of hydrogen-bond donors (Lipinski definition) is 3. The molecule has 6 heteroatoms. The maximum Gasteiger partial charge on any atom is 0.237 e. The molecule has 0 unspecified atom stereocenters. The normalized spacial score (nSPS) is 21.1. The molecule has 2 atom stereocenters. The molecule has 0 saturated carbocycles. The van der Waals surface area contributed by atoms with Gasteiger partial charge in [-0.25, -0.2) is 4.98 Å². The Hall–Kier alpha value is -1.69. The third kappa shape index (κ3) is 3.13. The number of aromatic amines is 1. The molecule has 17 heavy (non-hydrogen) atoms. The van der Waals surface area contributed by atoms with Crippen LogP contribution in [0.2, 0.25) is 0 Å². The van der Waals surface area contributed by atoms with Gasteiger partial charge >= 0.3 is 0 Å². The number of rotatable bonds is 5. The lowest BCUT2D eigenvalue weighted by atomic mass is 10.1. The number of amides is 1. The summed E-state index contributed by atoms with van der Waals surface area (Å²) >= 11 is 0. The third-order valence-corrected chi connectivity index (χ3v) is 2.86. The highest BCUT2D eigenvalue weighted by atomic mass is 16.2. The minimum Gasteiger partial charge on any atom is -0.348 e. The predicted octanol–water partition coefficient (Wildman–Crippen LogP) is -0.612. The molecule has 1 aromatic rings. The van der Waals surface area contributed by atoms with Gasteiger partial charge in [0.05, 0.1) is 18.4 Å². The van der Waals surface area contributed by atoms with Crippen LogP contribution >= 0.6 is 0 Å². The molecule has 1 aliphatic heterocycles. The van der Waals surface area contributed by atoms with Crippen LogP contribution in [0, 0.1) is 0 Å². The van der Waals surface area contributed by atoms with Gasteiger partial charge in [0.2, 0.25) is 5.91 Å². The number of nitrogens with one attached hydrogen (secondary N) is 3. The summed E-state index contributed by atoms with van der Waals surface area (Å²) in [6.07, 6.45) is 6.25. The average Bonchev–Trinajstić information content (AvgIpc) is 3.00. The Morgan fingerprint density at radius 3 is 3.18 bits per heavy atom. The van der Waals surface area contributed by atoms with Gasteiger partial charge in [0.25, 0.3) is 0 Å². The van der Waals surface area contributed by atoms with E-state index >= 15 is 0 Å². The molecule has 92 valence electrons. The van der Waals surface area contributed by atoms with Gasteiger partial charge in [-0.1, -0.05) is 0 Å². The minimum absolute atomic E-state index is 0.0980. The Bertz CT molecular complexity index is 371. The highest BCUT2D eigenvalue weighted by molar-refractivity contribution is 5.84. The van der Waals surface area contributed by atoms with Crippen LogP contribution in [0.15, 0.2) is 12.5 Å².